The van der Waals surface area contributed by atoms with Gasteiger partial charge in [0.15, 0.2) is 0 Å². The molecule has 2 aromatic rings. The molecule has 1 saturated heterocycles. The molecule has 0 saturated carbocycles. The highest BCUT2D eigenvalue weighted by Crippen LogP contribution is 2.19. The van der Waals surface area contributed by atoms with Gasteiger partial charge in [-0.2, -0.15) is 0 Å². The van der Waals surface area contributed by atoms with Crippen molar-refractivity contribution in [3.05, 3.63) is 29.3 Å². The van der Waals surface area contributed by atoms with Crippen molar-refractivity contribution in [3.63, 3.8) is 0 Å². The lowest BCUT2D eigenvalue weighted by Crippen LogP contribution is -2.37. The molecule has 1 aromatic carbocycles. The van der Waals surface area contributed by atoms with E-state index in [2.05, 4.69) is 22.1 Å². The van der Waals surface area contributed by atoms with Crippen LogP contribution < -0.4 is 5.32 Å². The first-order valence-electron chi connectivity index (χ1n) is 6.62. The van der Waals surface area contributed by atoms with E-state index in [1.807, 2.05) is 23.7 Å². The maximum atomic E-state index is 12.2. The number of carbonyl (C=O) groups is 1. The Morgan fingerprint density at radius 3 is 3.26 bits per heavy atom. The number of benzene rings is 1. The van der Waals surface area contributed by atoms with Crippen LogP contribution >= 0.6 is 11.3 Å². The Balaban J connectivity index is 1.69. The average Bonchev–Trinajstić information content (AvgIpc) is 3.05. The zero-order chi connectivity index (χ0) is 13.2. The topological polar surface area (TPSA) is 45.2 Å². The Bertz CT molecular complexity index is 595. The van der Waals surface area contributed by atoms with E-state index in [-0.39, 0.29) is 11.9 Å². The third-order valence-corrected chi connectivity index (χ3v) is 4.44. The van der Waals surface area contributed by atoms with Gasteiger partial charge >= 0.3 is 0 Å². The van der Waals surface area contributed by atoms with Gasteiger partial charge in [0.2, 0.25) is 0 Å². The maximum Gasteiger partial charge on any atom is 0.251 e. The largest absolute Gasteiger partial charge is 0.348 e. The molecule has 1 aliphatic rings. The molecule has 1 fully saturated rings. The first-order valence-corrected chi connectivity index (χ1v) is 7.50. The molecule has 0 aliphatic carbocycles. The third-order valence-electron chi connectivity index (χ3n) is 3.65. The van der Waals surface area contributed by atoms with Gasteiger partial charge in [-0.25, -0.2) is 4.98 Å². The fourth-order valence-corrected chi connectivity index (χ4v) is 3.22. The van der Waals surface area contributed by atoms with Crippen molar-refractivity contribution in [1.29, 1.82) is 0 Å². The second-order valence-corrected chi connectivity index (χ2v) is 5.77. The van der Waals surface area contributed by atoms with E-state index >= 15 is 0 Å². The van der Waals surface area contributed by atoms with E-state index in [4.69, 9.17) is 0 Å². The summed E-state index contributed by atoms with van der Waals surface area (Å²) in [6, 6.07) is 5.97. The minimum Gasteiger partial charge on any atom is -0.348 e. The molecule has 0 radical (unpaired) electrons. The first-order chi connectivity index (χ1) is 9.26. The minimum atomic E-state index is 0.0262. The smallest absolute Gasteiger partial charge is 0.251 e. The van der Waals surface area contributed by atoms with Crippen molar-refractivity contribution in [2.24, 2.45) is 0 Å². The average molecular weight is 275 g/mol. The fraction of sp³-hybridized carbons (Fsp3) is 0.429. The van der Waals surface area contributed by atoms with Crippen molar-refractivity contribution >= 4 is 27.5 Å². The van der Waals surface area contributed by atoms with Gasteiger partial charge in [0.25, 0.3) is 5.91 Å². The van der Waals surface area contributed by atoms with Gasteiger partial charge in [0, 0.05) is 24.7 Å². The molecule has 1 N–H and O–H groups in total. The zero-order valence-corrected chi connectivity index (χ0v) is 11.7. The van der Waals surface area contributed by atoms with Crippen LogP contribution in [0.25, 0.3) is 10.2 Å². The van der Waals surface area contributed by atoms with Gasteiger partial charge in [0.05, 0.1) is 15.7 Å². The number of hydrogen-bond acceptors (Lipinski definition) is 4. The number of likely N-dealkylation sites (tertiary alicyclic amines) is 1. The van der Waals surface area contributed by atoms with E-state index < -0.39 is 0 Å². The van der Waals surface area contributed by atoms with Crippen molar-refractivity contribution in [2.75, 3.05) is 19.6 Å². The lowest BCUT2D eigenvalue weighted by Gasteiger charge is -2.14. The number of fused-ring (bicyclic) bond motifs is 1. The van der Waals surface area contributed by atoms with Crippen LogP contribution in [0.4, 0.5) is 0 Å². The molecular formula is C14H17N3OS. The summed E-state index contributed by atoms with van der Waals surface area (Å²) in [7, 11) is 0. The number of rotatable bonds is 3. The van der Waals surface area contributed by atoms with E-state index in [1.54, 1.807) is 11.3 Å². The standard InChI is InChI=1S/C14H17N3OS/c1-2-17-6-5-11(8-17)16-14(18)10-3-4-12-13(7-10)19-9-15-12/h3-4,7,9,11H,2,5-6,8H2,1H3,(H,16,18)/t11-/m0/s1. The highest BCUT2D eigenvalue weighted by molar-refractivity contribution is 7.16. The molecule has 0 bridgehead atoms. The van der Waals surface area contributed by atoms with Crippen molar-refractivity contribution in [1.82, 2.24) is 15.2 Å². The Kier molecular flexibility index (Phi) is 3.48. The van der Waals surface area contributed by atoms with Gasteiger partial charge in [-0.1, -0.05) is 6.92 Å². The molecule has 100 valence electrons. The molecule has 5 heteroatoms. The molecule has 1 amide bonds. The van der Waals surface area contributed by atoms with Crippen LogP contribution in [0.5, 0.6) is 0 Å². The number of amides is 1. The maximum absolute atomic E-state index is 12.2. The highest BCUT2D eigenvalue weighted by Gasteiger charge is 2.23. The quantitative estimate of drug-likeness (QED) is 0.933. The first kappa shape index (κ1) is 12.6. The number of likely N-dealkylation sites (N-methyl/N-ethyl adjacent to an activating group) is 1. The van der Waals surface area contributed by atoms with Crippen LogP contribution in [0, 0.1) is 0 Å². The highest BCUT2D eigenvalue weighted by atomic mass is 32.1. The van der Waals surface area contributed by atoms with Crippen molar-refractivity contribution in [2.45, 2.75) is 19.4 Å². The van der Waals surface area contributed by atoms with Gasteiger partial charge < -0.3 is 10.2 Å². The monoisotopic (exact) mass is 275 g/mol. The molecule has 19 heavy (non-hydrogen) atoms. The molecule has 1 aromatic heterocycles. The van der Waals surface area contributed by atoms with Crippen LogP contribution in [0.2, 0.25) is 0 Å². The number of thiazole rings is 1. The van der Waals surface area contributed by atoms with E-state index in [9.17, 15) is 4.79 Å². The number of aromatic nitrogens is 1. The summed E-state index contributed by atoms with van der Waals surface area (Å²) >= 11 is 1.57. The second kappa shape index (κ2) is 5.27. The lowest BCUT2D eigenvalue weighted by atomic mass is 10.2. The number of nitrogens with one attached hydrogen (secondary N) is 1. The molecule has 2 heterocycles. The minimum absolute atomic E-state index is 0.0262. The SMILES string of the molecule is CCN1CC[C@H](NC(=O)c2ccc3ncsc3c2)C1. The molecular weight excluding hydrogens is 258 g/mol. The van der Waals surface area contributed by atoms with E-state index in [0.717, 1.165) is 41.8 Å². The van der Waals surface area contributed by atoms with Crippen LogP contribution in [-0.4, -0.2) is 41.5 Å². The predicted octanol–water partition coefficient (Wildman–Crippen LogP) is 2.12. The van der Waals surface area contributed by atoms with Gasteiger partial charge in [-0.05, 0) is 31.2 Å². The van der Waals surface area contributed by atoms with Gasteiger partial charge in [-0.3, -0.25) is 4.79 Å². The molecule has 1 atom stereocenters. The molecule has 0 spiro atoms. The Labute approximate surface area is 116 Å². The molecule has 3 rings (SSSR count). The number of nitrogens with zero attached hydrogens (tertiary/aromatic N) is 2. The van der Waals surface area contributed by atoms with E-state index in [1.165, 1.54) is 0 Å². The zero-order valence-electron chi connectivity index (χ0n) is 10.9. The summed E-state index contributed by atoms with van der Waals surface area (Å²) in [5.41, 5.74) is 3.49. The predicted molar refractivity (Wildman–Crippen MR) is 77.6 cm³/mol. The lowest BCUT2D eigenvalue weighted by molar-refractivity contribution is 0.0938. The van der Waals surface area contributed by atoms with Crippen LogP contribution in [0.1, 0.15) is 23.7 Å². The summed E-state index contributed by atoms with van der Waals surface area (Å²) in [6.07, 6.45) is 1.04. The van der Waals surface area contributed by atoms with Crippen molar-refractivity contribution in [3.8, 4) is 0 Å². The normalized spacial score (nSPS) is 19.9. The van der Waals surface area contributed by atoms with Crippen molar-refractivity contribution < 1.29 is 4.79 Å². The van der Waals surface area contributed by atoms with Gasteiger partial charge in [-0.15, -0.1) is 11.3 Å². The molecule has 0 unspecified atom stereocenters. The third kappa shape index (κ3) is 2.62. The fourth-order valence-electron chi connectivity index (χ4n) is 2.50. The summed E-state index contributed by atoms with van der Waals surface area (Å²) in [5.74, 6) is 0.0262. The summed E-state index contributed by atoms with van der Waals surface area (Å²) in [4.78, 5) is 18.8. The number of carbonyl (C=O) groups excluding carboxylic acids is 1. The summed E-state index contributed by atoms with van der Waals surface area (Å²) in [5, 5.41) is 3.12. The summed E-state index contributed by atoms with van der Waals surface area (Å²) < 4.78 is 1.06. The Hall–Kier alpha value is -1.46. The van der Waals surface area contributed by atoms with Crippen LogP contribution in [0.15, 0.2) is 23.7 Å². The summed E-state index contributed by atoms with van der Waals surface area (Å²) in [6.45, 7) is 5.25. The van der Waals surface area contributed by atoms with Gasteiger partial charge in [0.1, 0.15) is 0 Å². The second-order valence-electron chi connectivity index (χ2n) is 4.89. The molecule has 1 aliphatic heterocycles. The van der Waals surface area contributed by atoms with Crippen LogP contribution in [-0.2, 0) is 0 Å². The van der Waals surface area contributed by atoms with E-state index in [0.29, 0.717) is 0 Å². The molecule has 4 nitrogen and oxygen atoms in total. The van der Waals surface area contributed by atoms with Crippen LogP contribution in [0.3, 0.4) is 0 Å². The Morgan fingerprint density at radius 2 is 2.47 bits per heavy atom. The Morgan fingerprint density at radius 1 is 1.58 bits per heavy atom. The number of hydrogen-bond donors (Lipinski definition) is 1.